The summed E-state index contributed by atoms with van der Waals surface area (Å²) < 4.78 is 0. The first-order chi connectivity index (χ1) is 16.7. The van der Waals surface area contributed by atoms with Crippen molar-refractivity contribution in [1.82, 2.24) is 0 Å². The number of carbonyl (C=O) groups excluding carboxylic acids is 1. The van der Waals surface area contributed by atoms with Crippen LogP contribution < -0.4 is 5.32 Å². The molecule has 0 unspecified atom stereocenters. The van der Waals surface area contributed by atoms with Gasteiger partial charge in [-0.1, -0.05) is 104 Å². The zero-order valence-corrected chi connectivity index (χ0v) is 21.6. The first-order valence-electron chi connectivity index (χ1n) is 12.3. The van der Waals surface area contributed by atoms with Gasteiger partial charge in [-0.3, -0.25) is 4.79 Å². The Balaban J connectivity index is 1.69. The predicted molar refractivity (Wildman–Crippen MR) is 151 cm³/mol. The molecule has 2 aromatic carbocycles. The standard InChI is InChI=1S/C33H37NO/c1-25(13-12-14-26(2)23-32(35)34-30-17-10-7-11-18-30)19-20-31-27(3)29(21-22-33(31,4)5)24-28-15-8-6-9-16-28/h6-20,23-24H,21-22H2,1-5H3,(H,34,35). The predicted octanol–water partition coefficient (Wildman–Crippen LogP) is 8.85. The topological polar surface area (TPSA) is 29.1 Å². The Hall–Kier alpha value is -3.65. The fourth-order valence-corrected chi connectivity index (χ4v) is 4.31. The number of amides is 1. The summed E-state index contributed by atoms with van der Waals surface area (Å²) in [4.78, 5) is 12.2. The SMILES string of the molecule is CC(C=CC1=C(C)C(=Cc2ccccc2)CCC1(C)C)=CC=CC(C)=CC(=O)Nc1ccccc1. The average Bonchev–Trinajstić information content (AvgIpc) is 2.82. The number of para-hydroxylation sites is 1. The second kappa shape index (κ2) is 12.2. The maximum absolute atomic E-state index is 12.2. The Labute approximate surface area is 211 Å². The van der Waals surface area contributed by atoms with Gasteiger partial charge >= 0.3 is 0 Å². The molecule has 0 spiro atoms. The third kappa shape index (κ3) is 7.96. The fraction of sp³-hybridized carbons (Fsp3) is 0.242. The van der Waals surface area contributed by atoms with Crippen LogP contribution in [0.2, 0.25) is 0 Å². The second-order valence-electron chi connectivity index (χ2n) is 9.85. The van der Waals surface area contributed by atoms with Crippen LogP contribution in [0.15, 0.2) is 125 Å². The number of hydrogen-bond acceptors (Lipinski definition) is 1. The summed E-state index contributed by atoms with van der Waals surface area (Å²) in [5.74, 6) is -0.125. The molecule has 2 aromatic rings. The molecule has 1 amide bonds. The number of carbonyl (C=O) groups is 1. The monoisotopic (exact) mass is 463 g/mol. The normalized spacial score (nSPS) is 18.0. The molecule has 1 N–H and O–H groups in total. The molecule has 0 aromatic heterocycles. The van der Waals surface area contributed by atoms with Gasteiger partial charge in [0.05, 0.1) is 0 Å². The van der Waals surface area contributed by atoms with Crippen LogP contribution in [0, 0.1) is 5.41 Å². The average molecular weight is 464 g/mol. The van der Waals surface area contributed by atoms with Crippen molar-refractivity contribution in [1.29, 1.82) is 0 Å². The summed E-state index contributed by atoms with van der Waals surface area (Å²) in [6.45, 7) is 11.0. The molecule has 1 aliphatic carbocycles. The summed E-state index contributed by atoms with van der Waals surface area (Å²) in [6, 6.07) is 20.0. The van der Waals surface area contributed by atoms with Gasteiger partial charge in [-0.15, -0.1) is 0 Å². The molecule has 2 nitrogen and oxygen atoms in total. The molecule has 0 radical (unpaired) electrons. The molecular formula is C33H37NO. The van der Waals surface area contributed by atoms with Crippen LogP contribution in [0.4, 0.5) is 5.69 Å². The van der Waals surface area contributed by atoms with Crippen LogP contribution in [0.25, 0.3) is 6.08 Å². The van der Waals surface area contributed by atoms with Gasteiger partial charge in [-0.2, -0.15) is 0 Å². The maximum Gasteiger partial charge on any atom is 0.248 e. The molecule has 35 heavy (non-hydrogen) atoms. The summed E-state index contributed by atoms with van der Waals surface area (Å²) in [5.41, 5.74) is 8.47. The largest absolute Gasteiger partial charge is 0.323 e. The summed E-state index contributed by atoms with van der Waals surface area (Å²) in [6.07, 6.45) is 16.7. The van der Waals surface area contributed by atoms with E-state index in [1.54, 1.807) is 6.08 Å². The molecule has 180 valence electrons. The Morgan fingerprint density at radius 3 is 2.26 bits per heavy atom. The molecule has 0 fully saturated rings. The van der Waals surface area contributed by atoms with E-state index in [0.717, 1.165) is 29.7 Å². The van der Waals surface area contributed by atoms with Crippen LogP contribution in [0.3, 0.4) is 0 Å². The van der Waals surface area contributed by atoms with Gasteiger partial charge in [0.15, 0.2) is 0 Å². The van der Waals surface area contributed by atoms with Crippen molar-refractivity contribution in [2.45, 2.75) is 47.5 Å². The first kappa shape index (κ1) is 26.0. The highest BCUT2D eigenvalue weighted by atomic mass is 16.1. The lowest BCUT2D eigenvalue weighted by atomic mass is 9.70. The lowest BCUT2D eigenvalue weighted by Crippen LogP contribution is -2.20. The van der Waals surface area contributed by atoms with Crippen LogP contribution in [0.1, 0.15) is 53.0 Å². The lowest BCUT2D eigenvalue weighted by molar-refractivity contribution is -0.111. The van der Waals surface area contributed by atoms with E-state index in [2.05, 4.69) is 87.6 Å². The highest BCUT2D eigenvalue weighted by molar-refractivity contribution is 5.99. The molecule has 0 saturated heterocycles. The van der Waals surface area contributed by atoms with E-state index in [1.807, 2.05) is 49.4 Å². The summed E-state index contributed by atoms with van der Waals surface area (Å²) in [7, 11) is 0. The molecule has 1 aliphatic rings. The fourth-order valence-electron chi connectivity index (χ4n) is 4.31. The van der Waals surface area contributed by atoms with Crippen molar-refractivity contribution in [3.8, 4) is 0 Å². The zero-order chi connectivity index (χ0) is 25.3. The summed E-state index contributed by atoms with van der Waals surface area (Å²) >= 11 is 0. The number of allylic oxidation sites excluding steroid dienone is 10. The maximum atomic E-state index is 12.2. The van der Waals surface area contributed by atoms with Crippen LogP contribution in [0.5, 0.6) is 0 Å². The number of nitrogens with one attached hydrogen (secondary N) is 1. The molecule has 0 saturated carbocycles. The summed E-state index contributed by atoms with van der Waals surface area (Å²) in [5, 5.41) is 2.87. The van der Waals surface area contributed by atoms with Gasteiger partial charge in [0.1, 0.15) is 0 Å². The van der Waals surface area contributed by atoms with Gasteiger partial charge in [0.2, 0.25) is 5.91 Å². The van der Waals surface area contributed by atoms with E-state index >= 15 is 0 Å². The Bertz CT molecular complexity index is 1200. The minimum absolute atomic E-state index is 0.125. The second-order valence-corrected chi connectivity index (χ2v) is 9.85. The van der Waals surface area contributed by atoms with Crippen molar-refractivity contribution in [3.63, 3.8) is 0 Å². The van der Waals surface area contributed by atoms with E-state index in [4.69, 9.17) is 0 Å². The van der Waals surface area contributed by atoms with Gasteiger partial charge in [0.25, 0.3) is 0 Å². The third-order valence-corrected chi connectivity index (χ3v) is 6.41. The molecule has 3 rings (SSSR count). The van der Waals surface area contributed by atoms with E-state index < -0.39 is 0 Å². The van der Waals surface area contributed by atoms with Gasteiger partial charge in [-0.25, -0.2) is 0 Å². The molecule has 0 heterocycles. The Kier molecular flexibility index (Phi) is 9.03. The van der Waals surface area contributed by atoms with E-state index in [9.17, 15) is 4.79 Å². The molecule has 0 bridgehead atoms. The lowest BCUT2D eigenvalue weighted by Gasteiger charge is -2.34. The number of benzene rings is 2. The first-order valence-corrected chi connectivity index (χ1v) is 12.3. The van der Waals surface area contributed by atoms with Gasteiger partial charge in [-0.05, 0) is 79.0 Å². The van der Waals surface area contributed by atoms with Crippen LogP contribution in [-0.2, 0) is 4.79 Å². The minimum Gasteiger partial charge on any atom is -0.323 e. The van der Waals surface area contributed by atoms with Crippen molar-refractivity contribution >= 4 is 17.7 Å². The molecule has 0 aliphatic heterocycles. The van der Waals surface area contributed by atoms with E-state index in [0.29, 0.717) is 0 Å². The highest BCUT2D eigenvalue weighted by Crippen LogP contribution is 2.43. The third-order valence-electron chi connectivity index (χ3n) is 6.41. The quantitative estimate of drug-likeness (QED) is 0.322. The van der Waals surface area contributed by atoms with Gasteiger partial charge < -0.3 is 5.32 Å². The zero-order valence-electron chi connectivity index (χ0n) is 21.6. The highest BCUT2D eigenvalue weighted by Gasteiger charge is 2.28. The molecule has 2 heteroatoms. The van der Waals surface area contributed by atoms with Crippen molar-refractivity contribution in [2.24, 2.45) is 5.41 Å². The van der Waals surface area contributed by atoms with Crippen LogP contribution in [-0.4, -0.2) is 5.91 Å². The number of anilines is 1. The Morgan fingerprint density at radius 2 is 1.57 bits per heavy atom. The van der Waals surface area contributed by atoms with Gasteiger partial charge in [0, 0.05) is 11.8 Å². The molecular weight excluding hydrogens is 426 g/mol. The number of rotatable bonds is 7. The van der Waals surface area contributed by atoms with Crippen LogP contribution >= 0.6 is 0 Å². The van der Waals surface area contributed by atoms with E-state index in [1.165, 1.54) is 22.3 Å². The smallest absolute Gasteiger partial charge is 0.248 e. The van der Waals surface area contributed by atoms with Crippen molar-refractivity contribution < 1.29 is 4.79 Å². The van der Waals surface area contributed by atoms with E-state index in [-0.39, 0.29) is 11.3 Å². The van der Waals surface area contributed by atoms with Crippen molar-refractivity contribution in [2.75, 3.05) is 5.32 Å². The molecule has 0 atom stereocenters. The Morgan fingerprint density at radius 1 is 0.914 bits per heavy atom. The minimum atomic E-state index is -0.125. The van der Waals surface area contributed by atoms with Crippen molar-refractivity contribution in [3.05, 3.63) is 131 Å². The number of hydrogen-bond donors (Lipinski definition) is 1.